The van der Waals surface area contributed by atoms with Gasteiger partial charge in [0, 0.05) is 16.8 Å². The summed E-state index contributed by atoms with van der Waals surface area (Å²) in [5.41, 5.74) is 6.61. The minimum atomic E-state index is 0.0381. The molecule has 0 N–H and O–H groups in total. The molecule has 1 heterocycles. The molecule has 3 aromatic carbocycles. The Labute approximate surface area is 157 Å². The summed E-state index contributed by atoms with van der Waals surface area (Å²) in [4.78, 5) is 2.51. The standard InChI is InChI=1S/C24H24BN/c1-24(2,3)23-18-19-12-10-11-17-22(19)25(20-13-6-4-7-14-20)26(23)21-15-8-5-9-16-21/h4-18H,1-3H3. The van der Waals surface area contributed by atoms with Gasteiger partial charge in [0.05, 0.1) is 0 Å². The first-order valence-corrected chi connectivity index (χ1v) is 9.26. The van der Waals surface area contributed by atoms with Gasteiger partial charge in [0.1, 0.15) is 0 Å². The van der Waals surface area contributed by atoms with Gasteiger partial charge in [0.15, 0.2) is 0 Å². The lowest BCUT2D eigenvalue weighted by molar-refractivity contribution is 0.501. The second-order valence-corrected chi connectivity index (χ2v) is 7.93. The van der Waals surface area contributed by atoms with Crippen molar-refractivity contribution in [3.63, 3.8) is 0 Å². The molecule has 128 valence electrons. The van der Waals surface area contributed by atoms with Gasteiger partial charge >= 0.3 is 6.85 Å². The maximum absolute atomic E-state index is 2.51. The summed E-state index contributed by atoms with van der Waals surface area (Å²) in [5.74, 6) is 0. The smallest absolute Gasteiger partial charge is 0.328 e. The number of benzene rings is 3. The van der Waals surface area contributed by atoms with Gasteiger partial charge in [-0.05, 0) is 29.2 Å². The van der Waals surface area contributed by atoms with Crippen LogP contribution in [0.5, 0.6) is 0 Å². The van der Waals surface area contributed by atoms with Crippen LogP contribution >= 0.6 is 0 Å². The Morgan fingerprint density at radius 1 is 0.692 bits per heavy atom. The number of para-hydroxylation sites is 1. The van der Waals surface area contributed by atoms with Crippen molar-refractivity contribution < 1.29 is 0 Å². The van der Waals surface area contributed by atoms with Crippen molar-refractivity contribution in [3.05, 3.63) is 96.2 Å². The van der Waals surface area contributed by atoms with Crippen LogP contribution in [0.3, 0.4) is 0 Å². The van der Waals surface area contributed by atoms with Crippen LogP contribution in [0.15, 0.2) is 90.6 Å². The number of rotatable bonds is 2. The molecule has 0 aliphatic carbocycles. The first kappa shape index (κ1) is 16.7. The molecular weight excluding hydrogens is 313 g/mol. The normalized spacial score (nSPS) is 14.0. The zero-order valence-corrected chi connectivity index (χ0v) is 15.7. The second-order valence-electron chi connectivity index (χ2n) is 7.93. The van der Waals surface area contributed by atoms with Gasteiger partial charge in [-0.3, -0.25) is 0 Å². The highest BCUT2D eigenvalue weighted by Gasteiger charge is 2.38. The molecule has 2 heteroatoms. The molecule has 26 heavy (non-hydrogen) atoms. The van der Waals surface area contributed by atoms with E-state index in [0.717, 1.165) is 0 Å². The van der Waals surface area contributed by atoms with Gasteiger partial charge < -0.3 is 4.81 Å². The van der Waals surface area contributed by atoms with E-state index in [2.05, 4.69) is 117 Å². The van der Waals surface area contributed by atoms with Gasteiger partial charge in [-0.2, -0.15) is 0 Å². The van der Waals surface area contributed by atoms with E-state index in [0.29, 0.717) is 0 Å². The van der Waals surface area contributed by atoms with E-state index in [1.807, 2.05) is 0 Å². The van der Waals surface area contributed by atoms with Crippen molar-refractivity contribution in [2.45, 2.75) is 20.8 Å². The first-order chi connectivity index (χ1) is 12.6. The highest BCUT2D eigenvalue weighted by molar-refractivity contribution is 6.89. The predicted octanol–water partition coefficient (Wildman–Crippen LogP) is 4.70. The molecule has 3 aromatic rings. The molecule has 1 aliphatic heterocycles. The summed E-state index contributed by atoms with van der Waals surface area (Å²) in [6, 6.07) is 30.4. The number of nitrogens with zero attached hydrogens (tertiary/aromatic N) is 1. The SMILES string of the molecule is CC(C)(C)C1=Cc2ccccc2B(c2ccccc2)N1c1ccccc1. The van der Waals surface area contributed by atoms with Crippen molar-refractivity contribution >= 4 is 29.5 Å². The summed E-state index contributed by atoms with van der Waals surface area (Å²) in [7, 11) is 0. The number of anilines is 1. The highest BCUT2D eigenvalue weighted by Crippen LogP contribution is 2.36. The third-order valence-electron chi connectivity index (χ3n) is 5.02. The van der Waals surface area contributed by atoms with E-state index in [4.69, 9.17) is 0 Å². The monoisotopic (exact) mass is 337 g/mol. The van der Waals surface area contributed by atoms with E-state index in [1.165, 1.54) is 27.9 Å². The third-order valence-corrected chi connectivity index (χ3v) is 5.02. The lowest BCUT2D eigenvalue weighted by Crippen LogP contribution is -2.60. The van der Waals surface area contributed by atoms with Gasteiger partial charge in [-0.25, -0.2) is 0 Å². The Morgan fingerprint density at radius 3 is 1.92 bits per heavy atom. The summed E-state index contributed by atoms with van der Waals surface area (Å²) >= 11 is 0. The van der Waals surface area contributed by atoms with E-state index >= 15 is 0 Å². The van der Waals surface area contributed by atoms with Gasteiger partial charge in [0.2, 0.25) is 0 Å². The molecule has 1 nitrogen and oxygen atoms in total. The minimum Gasteiger partial charge on any atom is -0.380 e. The summed E-state index contributed by atoms with van der Waals surface area (Å²) in [5, 5.41) is 0. The molecule has 0 amide bonds. The fourth-order valence-electron chi connectivity index (χ4n) is 3.80. The van der Waals surface area contributed by atoms with Gasteiger partial charge in [-0.15, -0.1) is 0 Å². The lowest BCUT2D eigenvalue weighted by Gasteiger charge is -2.43. The van der Waals surface area contributed by atoms with Crippen LogP contribution in [0.4, 0.5) is 5.69 Å². The van der Waals surface area contributed by atoms with Gasteiger partial charge in [0.25, 0.3) is 0 Å². The average molecular weight is 337 g/mol. The quantitative estimate of drug-likeness (QED) is 0.613. The number of allylic oxidation sites excluding steroid dienone is 1. The number of hydrogen-bond acceptors (Lipinski definition) is 1. The van der Waals surface area contributed by atoms with Crippen molar-refractivity contribution in [1.82, 2.24) is 0 Å². The van der Waals surface area contributed by atoms with E-state index < -0.39 is 0 Å². The minimum absolute atomic E-state index is 0.0381. The lowest BCUT2D eigenvalue weighted by atomic mass is 9.46. The number of fused-ring (bicyclic) bond motifs is 1. The molecule has 0 fully saturated rings. The molecule has 4 rings (SSSR count). The highest BCUT2D eigenvalue weighted by atomic mass is 15.1. The maximum Gasteiger partial charge on any atom is 0.328 e. The van der Waals surface area contributed by atoms with Gasteiger partial charge in [-0.1, -0.05) is 99.0 Å². The van der Waals surface area contributed by atoms with Crippen LogP contribution in [0.2, 0.25) is 0 Å². The largest absolute Gasteiger partial charge is 0.380 e. The summed E-state index contributed by atoms with van der Waals surface area (Å²) in [6.07, 6.45) is 2.36. The van der Waals surface area contributed by atoms with E-state index in [9.17, 15) is 0 Å². The third kappa shape index (κ3) is 2.97. The molecule has 0 atom stereocenters. The second kappa shape index (κ2) is 6.53. The van der Waals surface area contributed by atoms with Crippen molar-refractivity contribution in [2.24, 2.45) is 5.41 Å². The zero-order chi connectivity index (χ0) is 18.1. The fourth-order valence-corrected chi connectivity index (χ4v) is 3.80. The maximum atomic E-state index is 2.51. The molecule has 0 radical (unpaired) electrons. The van der Waals surface area contributed by atoms with Crippen molar-refractivity contribution in [3.8, 4) is 0 Å². The molecular formula is C24H24BN. The van der Waals surface area contributed by atoms with Crippen LogP contribution in [0.25, 0.3) is 6.08 Å². The molecule has 0 bridgehead atoms. The van der Waals surface area contributed by atoms with Crippen molar-refractivity contribution in [1.29, 1.82) is 0 Å². The Kier molecular flexibility index (Phi) is 4.20. The van der Waals surface area contributed by atoms with Crippen molar-refractivity contribution in [2.75, 3.05) is 4.81 Å². The summed E-state index contributed by atoms with van der Waals surface area (Å²) < 4.78 is 0. The average Bonchev–Trinajstić information content (AvgIpc) is 2.67. The first-order valence-electron chi connectivity index (χ1n) is 9.26. The Morgan fingerprint density at radius 2 is 1.27 bits per heavy atom. The predicted molar refractivity (Wildman–Crippen MR) is 114 cm³/mol. The fraction of sp³-hybridized carbons (Fsp3) is 0.167. The van der Waals surface area contributed by atoms with E-state index in [1.54, 1.807) is 0 Å². The number of hydrogen-bond donors (Lipinski definition) is 0. The molecule has 0 unspecified atom stereocenters. The molecule has 0 aromatic heterocycles. The Balaban J connectivity index is 2.00. The molecule has 1 aliphatic rings. The molecule has 0 spiro atoms. The van der Waals surface area contributed by atoms with Crippen LogP contribution in [0, 0.1) is 5.41 Å². The van der Waals surface area contributed by atoms with Crippen LogP contribution in [0.1, 0.15) is 26.3 Å². The molecule has 0 saturated carbocycles. The Bertz CT molecular complexity index is 923. The van der Waals surface area contributed by atoms with E-state index in [-0.39, 0.29) is 12.3 Å². The topological polar surface area (TPSA) is 3.24 Å². The zero-order valence-electron chi connectivity index (χ0n) is 15.7. The Hall–Kier alpha value is -2.74. The summed E-state index contributed by atoms with van der Waals surface area (Å²) in [6.45, 7) is 7.06. The van der Waals surface area contributed by atoms with Crippen LogP contribution in [-0.2, 0) is 0 Å². The van der Waals surface area contributed by atoms with Crippen LogP contribution < -0.4 is 15.7 Å². The van der Waals surface area contributed by atoms with Crippen LogP contribution in [-0.4, -0.2) is 6.85 Å². The molecule has 0 saturated heterocycles.